The van der Waals surface area contributed by atoms with E-state index in [1.54, 1.807) is 33.8 Å². The van der Waals surface area contributed by atoms with Crippen LogP contribution in [0.2, 0.25) is 0 Å². The van der Waals surface area contributed by atoms with Crippen molar-refractivity contribution in [3.8, 4) is 11.5 Å². The van der Waals surface area contributed by atoms with Gasteiger partial charge in [0.2, 0.25) is 5.78 Å². The van der Waals surface area contributed by atoms with Crippen molar-refractivity contribution in [2.45, 2.75) is 76.7 Å². The van der Waals surface area contributed by atoms with Crippen molar-refractivity contribution in [1.29, 1.82) is 0 Å². The number of rotatable bonds is 8. The lowest BCUT2D eigenvalue weighted by atomic mass is 9.50. The van der Waals surface area contributed by atoms with Crippen LogP contribution in [0, 0.1) is 17.3 Å². The third kappa shape index (κ3) is 5.86. The maximum absolute atomic E-state index is 14.9. The molecule has 9 atom stereocenters. The zero-order valence-corrected chi connectivity index (χ0v) is 31.1. The van der Waals surface area contributed by atoms with E-state index in [1.807, 2.05) is 0 Å². The highest BCUT2D eigenvalue weighted by molar-refractivity contribution is 6.24. The number of amides is 1. The number of esters is 2. The maximum atomic E-state index is 14.9. The molecule has 1 saturated heterocycles. The normalized spacial score (nSPS) is 31.6. The van der Waals surface area contributed by atoms with Crippen molar-refractivity contribution >= 4 is 35.2 Å². The first-order valence-electron chi connectivity index (χ1n) is 17.9. The highest BCUT2D eigenvalue weighted by Crippen LogP contribution is 2.61. The molecule has 6 rings (SSSR count). The van der Waals surface area contributed by atoms with Crippen LogP contribution in [0.25, 0.3) is 5.76 Å². The molecule has 0 spiro atoms. The fourth-order valence-electron chi connectivity index (χ4n) is 8.57. The van der Waals surface area contributed by atoms with Crippen LogP contribution < -0.4 is 5.73 Å². The van der Waals surface area contributed by atoms with Crippen molar-refractivity contribution < 1.29 is 73.6 Å². The number of carbonyl (C=O) groups is 5. The first-order chi connectivity index (χ1) is 26.4. The molecule has 9 unspecified atom stereocenters. The number of ether oxygens (including phenoxy) is 4. The number of fused-ring (bicyclic) bond motifs is 3. The molecule has 2 fully saturated rings. The van der Waals surface area contributed by atoms with Gasteiger partial charge in [-0.05, 0) is 51.8 Å². The standard InChI is InChI=1S/C40H43NO15/c1-6-16(2)37(51)55-32-17(3)54-25(14-24(32)44)19-11-12-20-26(29(19)45)30(46)27-21(39(20,4)53-5)13-22-33(56-38(52)18-9-7-8-10-23(18)43)31(47)28(36(41)50)35(49)40(22,15-42)34(27)48/h6-12,17,21-22,24-25,32-33,42-46,49H,13-15H2,1-5H3,(H2,41,50)/b16-6+. The predicted octanol–water partition coefficient (Wildman–Crippen LogP) is 2.62. The number of carbonyl (C=O) groups excluding carboxylic acids is 5. The molecule has 16 nitrogen and oxygen atoms in total. The van der Waals surface area contributed by atoms with Crippen LogP contribution in [0.5, 0.6) is 11.5 Å². The van der Waals surface area contributed by atoms with Crippen molar-refractivity contribution in [3.63, 3.8) is 0 Å². The second-order valence-corrected chi connectivity index (χ2v) is 14.6. The van der Waals surface area contributed by atoms with Crippen molar-refractivity contribution in [3.05, 3.63) is 87.2 Å². The Bertz CT molecular complexity index is 2120. The maximum Gasteiger partial charge on any atom is 0.342 e. The van der Waals surface area contributed by atoms with Crippen LogP contribution in [0.3, 0.4) is 0 Å². The minimum atomic E-state index is -2.58. The van der Waals surface area contributed by atoms with Crippen LogP contribution >= 0.6 is 0 Å². The molecule has 1 saturated carbocycles. The molecule has 0 radical (unpaired) electrons. The molecule has 2 aromatic carbocycles. The molecule has 56 heavy (non-hydrogen) atoms. The average Bonchev–Trinajstić information content (AvgIpc) is 3.16. The SMILES string of the molecule is C/C=C(\C)C(=O)OC1C(O)CC(c2ccc3c(c2O)C(O)=C2C(=O)C4(CO)C(O)=C(C(N)=O)C(=O)C(OC(=O)c5ccccc5O)C4CC2C3(C)OC)OC1C. The third-order valence-corrected chi connectivity index (χ3v) is 11.9. The van der Waals surface area contributed by atoms with E-state index in [9.17, 15) is 54.6 Å². The summed E-state index contributed by atoms with van der Waals surface area (Å²) in [7, 11) is 1.30. The number of benzene rings is 2. The molecular formula is C40H43NO15. The predicted molar refractivity (Wildman–Crippen MR) is 193 cm³/mol. The first-order valence-corrected chi connectivity index (χ1v) is 17.9. The van der Waals surface area contributed by atoms with E-state index in [0.717, 1.165) is 0 Å². The van der Waals surface area contributed by atoms with E-state index in [2.05, 4.69) is 0 Å². The summed E-state index contributed by atoms with van der Waals surface area (Å²) >= 11 is 0. The quantitative estimate of drug-likeness (QED) is 0.115. The molecule has 4 aliphatic rings. The van der Waals surface area contributed by atoms with Gasteiger partial charge < -0.3 is 55.3 Å². The highest BCUT2D eigenvalue weighted by Gasteiger charge is 2.67. The Hall–Kier alpha value is -5.55. The van der Waals surface area contributed by atoms with Crippen LogP contribution in [-0.2, 0) is 43.7 Å². The van der Waals surface area contributed by atoms with Gasteiger partial charge in [-0.3, -0.25) is 14.4 Å². The summed E-state index contributed by atoms with van der Waals surface area (Å²) in [6.07, 6.45) is -5.13. The number of phenols is 2. The second-order valence-electron chi connectivity index (χ2n) is 14.6. The Balaban J connectivity index is 1.47. The van der Waals surface area contributed by atoms with Gasteiger partial charge in [0.1, 0.15) is 39.6 Å². The highest BCUT2D eigenvalue weighted by atomic mass is 16.6. The van der Waals surface area contributed by atoms with Crippen molar-refractivity contribution in [1.82, 2.24) is 0 Å². The van der Waals surface area contributed by atoms with Crippen LogP contribution in [0.15, 0.2) is 65.0 Å². The number of aliphatic hydroxyl groups is 4. The number of ketones is 2. The Kier molecular flexibility index (Phi) is 10.4. The lowest BCUT2D eigenvalue weighted by Crippen LogP contribution is -2.63. The minimum absolute atomic E-state index is 0.0873. The number of primary amides is 1. The first kappa shape index (κ1) is 40.1. The van der Waals surface area contributed by atoms with Gasteiger partial charge in [0.25, 0.3) is 5.91 Å². The van der Waals surface area contributed by atoms with Crippen LogP contribution in [0.4, 0.5) is 0 Å². The minimum Gasteiger partial charge on any atom is -0.510 e. The molecule has 1 aliphatic heterocycles. The summed E-state index contributed by atoms with van der Waals surface area (Å²) in [5.41, 5.74) is -0.265. The molecule has 0 aromatic heterocycles. The molecule has 8 N–H and O–H groups in total. The van der Waals surface area contributed by atoms with Crippen molar-refractivity contribution in [2.24, 2.45) is 23.0 Å². The smallest absolute Gasteiger partial charge is 0.342 e. The number of phenolic OH excluding ortho intramolecular Hbond substituents is 2. The van der Waals surface area contributed by atoms with Gasteiger partial charge in [0.05, 0.1) is 36.1 Å². The molecule has 0 bridgehead atoms. The number of aliphatic hydroxyl groups excluding tert-OH is 4. The topological polar surface area (TPSA) is 270 Å². The van der Waals surface area contributed by atoms with Gasteiger partial charge in [-0.1, -0.05) is 30.3 Å². The molecule has 16 heteroatoms. The summed E-state index contributed by atoms with van der Waals surface area (Å²) in [4.78, 5) is 67.3. The Morgan fingerprint density at radius 2 is 1.71 bits per heavy atom. The summed E-state index contributed by atoms with van der Waals surface area (Å²) in [6.45, 7) is 5.09. The van der Waals surface area contributed by atoms with E-state index in [4.69, 9.17) is 24.7 Å². The number of para-hydroxylation sites is 1. The van der Waals surface area contributed by atoms with Gasteiger partial charge in [-0.2, -0.15) is 0 Å². The van der Waals surface area contributed by atoms with Gasteiger partial charge in [-0.15, -0.1) is 0 Å². The van der Waals surface area contributed by atoms with E-state index in [0.29, 0.717) is 5.57 Å². The van der Waals surface area contributed by atoms with Crippen LogP contribution in [0.1, 0.15) is 73.7 Å². The number of aromatic hydroxyl groups is 2. The van der Waals surface area contributed by atoms with Crippen LogP contribution in [-0.4, -0.2) is 98.2 Å². The van der Waals surface area contributed by atoms with E-state index < -0.39 is 124 Å². The largest absolute Gasteiger partial charge is 0.510 e. The number of hydrogen-bond acceptors (Lipinski definition) is 15. The number of methoxy groups -OCH3 is 1. The van der Waals surface area contributed by atoms with E-state index in [-0.39, 0.29) is 35.1 Å². The summed E-state index contributed by atoms with van der Waals surface area (Å²) in [5, 5.41) is 67.8. The van der Waals surface area contributed by atoms with Gasteiger partial charge in [-0.25, -0.2) is 9.59 Å². The van der Waals surface area contributed by atoms with Gasteiger partial charge in [0.15, 0.2) is 18.0 Å². The fourth-order valence-corrected chi connectivity index (χ4v) is 8.57. The van der Waals surface area contributed by atoms with Crippen molar-refractivity contribution in [2.75, 3.05) is 13.7 Å². The summed E-state index contributed by atoms with van der Waals surface area (Å²) < 4.78 is 23.2. The number of allylic oxidation sites excluding steroid dienone is 1. The second kappa shape index (κ2) is 14.5. The summed E-state index contributed by atoms with van der Waals surface area (Å²) in [6, 6.07) is 8.25. The lowest BCUT2D eigenvalue weighted by molar-refractivity contribution is -0.191. The number of Topliss-reactive ketones (excluding diaryl/α,β-unsaturated/α-hetero) is 2. The fraction of sp³-hybridized carbons (Fsp3) is 0.425. The molecule has 3 aliphatic carbocycles. The Morgan fingerprint density at radius 1 is 1.04 bits per heavy atom. The lowest BCUT2D eigenvalue weighted by Gasteiger charge is -2.54. The molecule has 1 amide bonds. The zero-order valence-electron chi connectivity index (χ0n) is 31.1. The monoisotopic (exact) mass is 777 g/mol. The molecule has 298 valence electrons. The molecule has 2 aromatic rings. The van der Waals surface area contributed by atoms with Gasteiger partial charge >= 0.3 is 11.9 Å². The van der Waals surface area contributed by atoms with E-state index >= 15 is 0 Å². The van der Waals surface area contributed by atoms with E-state index in [1.165, 1.54) is 43.5 Å². The summed E-state index contributed by atoms with van der Waals surface area (Å²) in [5.74, 6) is -11.6. The number of nitrogens with two attached hydrogens (primary N) is 1. The molecule has 1 heterocycles. The average molecular weight is 778 g/mol. The zero-order chi connectivity index (χ0) is 41.2. The van der Waals surface area contributed by atoms with Gasteiger partial charge in [0, 0.05) is 42.1 Å². The Labute approximate surface area is 320 Å². The third-order valence-electron chi connectivity index (χ3n) is 11.9. The number of hydrogen-bond donors (Lipinski definition) is 7. The Morgan fingerprint density at radius 3 is 2.30 bits per heavy atom. The molecular weight excluding hydrogens is 734 g/mol.